The summed E-state index contributed by atoms with van der Waals surface area (Å²) < 4.78 is 11.8. The van der Waals surface area contributed by atoms with Crippen molar-refractivity contribution in [3.63, 3.8) is 0 Å². The van der Waals surface area contributed by atoms with Gasteiger partial charge in [-0.05, 0) is 12.1 Å². The molecule has 0 aliphatic carbocycles. The number of amides is 1. The second kappa shape index (κ2) is 6.78. The molecule has 0 atom stereocenters. The Morgan fingerprint density at radius 1 is 1.17 bits per heavy atom. The third kappa shape index (κ3) is 3.22. The molecule has 0 N–H and O–H groups in total. The first-order chi connectivity index (χ1) is 11.8. The second-order valence-corrected chi connectivity index (χ2v) is 6.96. The minimum atomic E-state index is -0.0747. The van der Waals surface area contributed by atoms with Crippen molar-refractivity contribution in [1.29, 1.82) is 0 Å². The molecule has 2 aromatic rings. The van der Waals surface area contributed by atoms with E-state index in [1.165, 1.54) is 11.0 Å². The maximum Gasteiger partial charge on any atom is 0.292 e. The van der Waals surface area contributed by atoms with E-state index >= 15 is 0 Å². The average molecular weight is 345 g/mol. The van der Waals surface area contributed by atoms with Crippen LogP contribution in [0.5, 0.6) is 0 Å². The van der Waals surface area contributed by atoms with Gasteiger partial charge in [-0.2, -0.15) is 0 Å². The predicted molar refractivity (Wildman–Crippen MR) is 91.5 cm³/mol. The van der Waals surface area contributed by atoms with Crippen molar-refractivity contribution in [2.45, 2.75) is 6.54 Å². The van der Waals surface area contributed by atoms with Crippen LogP contribution in [0.25, 0.3) is 10.2 Å². The molecule has 1 amide bonds. The maximum absolute atomic E-state index is 12.4. The standard InChI is InChI=1S/C17H19N3O3S/c21-17(14-12-22-9-10-23-14)20-7-5-19(6-8-20)11-16-18-13-3-1-2-4-15(13)24-16/h1-4,12H,5-11H2. The first-order valence-electron chi connectivity index (χ1n) is 8.10. The van der Waals surface area contributed by atoms with Crippen molar-refractivity contribution in [3.8, 4) is 0 Å². The van der Waals surface area contributed by atoms with Gasteiger partial charge in [0.05, 0.1) is 16.8 Å². The summed E-state index contributed by atoms with van der Waals surface area (Å²) in [5.41, 5.74) is 1.06. The normalized spacial score (nSPS) is 18.8. The second-order valence-electron chi connectivity index (χ2n) is 5.85. The summed E-state index contributed by atoms with van der Waals surface area (Å²) in [4.78, 5) is 21.2. The van der Waals surface area contributed by atoms with Crippen LogP contribution in [0.15, 0.2) is 36.3 Å². The number of piperazine rings is 1. The highest BCUT2D eigenvalue weighted by Gasteiger charge is 2.26. The molecule has 0 unspecified atom stereocenters. The minimum Gasteiger partial charge on any atom is -0.494 e. The Morgan fingerprint density at radius 3 is 2.75 bits per heavy atom. The summed E-state index contributed by atoms with van der Waals surface area (Å²) >= 11 is 1.74. The Balaban J connectivity index is 1.34. The molecule has 0 saturated carbocycles. The number of benzene rings is 1. The lowest BCUT2D eigenvalue weighted by molar-refractivity contribution is -0.134. The van der Waals surface area contributed by atoms with Crippen LogP contribution in [0.4, 0.5) is 0 Å². The summed E-state index contributed by atoms with van der Waals surface area (Å²) in [7, 11) is 0. The van der Waals surface area contributed by atoms with Gasteiger partial charge >= 0.3 is 0 Å². The molecule has 126 valence electrons. The van der Waals surface area contributed by atoms with E-state index in [0.717, 1.165) is 30.2 Å². The molecule has 24 heavy (non-hydrogen) atoms. The number of hydrogen-bond acceptors (Lipinski definition) is 6. The number of fused-ring (bicyclic) bond motifs is 1. The predicted octanol–water partition coefficient (Wildman–Crippen LogP) is 1.83. The van der Waals surface area contributed by atoms with Gasteiger partial charge in [-0.3, -0.25) is 9.69 Å². The molecule has 0 spiro atoms. The summed E-state index contributed by atoms with van der Waals surface area (Å²) in [5, 5.41) is 1.13. The van der Waals surface area contributed by atoms with Gasteiger partial charge in [0.2, 0.25) is 5.76 Å². The number of rotatable bonds is 3. The van der Waals surface area contributed by atoms with Crippen LogP contribution < -0.4 is 0 Å². The van der Waals surface area contributed by atoms with Gasteiger partial charge in [-0.25, -0.2) is 4.98 Å². The lowest BCUT2D eigenvalue weighted by Gasteiger charge is -2.34. The summed E-state index contributed by atoms with van der Waals surface area (Å²) in [6.07, 6.45) is 1.43. The summed E-state index contributed by atoms with van der Waals surface area (Å²) in [5.74, 6) is 0.246. The third-order valence-corrected chi connectivity index (χ3v) is 5.24. The van der Waals surface area contributed by atoms with E-state index in [0.29, 0.717) is 32.1 Å². The fraction of sp³-hybridized carbons (Fsp3) is 0.412. The monoisotopic (exact) mass is 345 g/mol. The molecule has 1 aromatic carbocycles. The maximum atomic E-state index is 12.4. The molecule has 0 radical (unpaired) electrons. The zero-order valence-electron chi connectivity index (χ0n) is 13.3. The molecule has 7 heteroatoms. The van der Waals surface area contributed by atoms with Crippen molar-refractivity contribution in [2.24, 2.45) is 0 Å². The van der Waals surface area contributed by atoms with Crippen molar-refractivity contribution < 1.29 is 14.3 Å². The van der Waals surface area contributed by atoms with E-state index < -0.39 is 0 Å². The van der Waals surface area contributed by atoms with Gasteiger partial charge in [0.25, 0.3) is 5.91 Å². The van der Waals surface area contributed by atoms with Crippen molar-refractivity contribution in [1.82, 2.24) is 14.8 Å². The molecule has 1 saturated heterocycles. The Labute approximate surface area is 144 Å². The average Bonchev–Trinajstić information content (AvgIpc) is 3.05. The number of hydrogen-bond donors (Lipinski definition) is 0. The molecule has 2 aliphatic heterocycles. The number of carbonyl (C=O) groups is 1. The fourth-order valence-electron chi connectivity index (χ4n) is 2.92. The van der Waals surface area contributed by atoms with Crippen LogP contribution in [0, 0.1) is 0 Å². The topological polar surface area (TPSA) is 54.9 Å². The van der Waals surface area contributed by atoms with Gasteiger partial charge in [-0.1, -0.05) is 12.1 Å². The van der Waals surface area contributed by atoms with Crippen molar-refractivity contribution >= 4 is 27.5 Å². The van der Waals surface area contributed by atoms with E-state index in [-0.39, 0.29) is 5.91 Å². The first-order valence-corrected chi connectivity index (χ1v) is 8.92. The third-order valence-electron chi connectivity index (χ3n) is 4.22. The van der Waals surface area contributed by atoms with Crippen LogP contribution in [0.3, 0.4) is 0 Å². The number of ether oxygens (including phenoxy) is 2. The molecule has 1 aromatic heterocycles. The van der Waals surface area contributed by atoms with Crippen LogP contribution in [0.2, 0.25) is 0 Å². The van der Waals surface area contributed by atoms with Gasteiger partial charge in [0.1, 0.15) is 24.5 Å². The zero-order chi connectivity index (χ0) is 16.4. The molecule has 1 fully saturated rings. The highest BCUT2D eigenvalue weighted by Crippen LogP contribution is 2.23. The molecule has 6 nitrogen and oxygen atoms in total. The largest absolute Gasteiger partial charge is 0.494 e. The van der Waals surface area contributed by atoms with Crippen molar-refractivity contribution in [3.05, 3.63) is 41.3 Å². The minimum absolute atomic E-state index is 0.0747. The van der Waals surface area contributed by atoms with Crippen molar-refractivity contribution in [2.75, 3.05) is 39.4 Å². The Bertz CT molecular complexity index is 732. The van der Waals surface area contributed by atoms with Crippen LogP contribution in [-0.4, -0.2) is 60.1 Å². The molecule has 2 aliphatic rings. The van der Waals surface area contributed by atoms with E-state index in [9.17, 15) is 4.79 Å². The van der Waals surface area contributed by atoms with Gasteiger partial charge < -0.3 is 14.4 Å². The van der Waals surface area contributed by atoms with Crippen LogP contribution in [0.1, 0.15) is 5.01 Å². The first kappa shape index (κ1) is 15.4. The fourth-order valence-corrected chi connectivity index (χ4v) is 3.93. The Hall–Kier alpha value is -2.12. The van der Waals surface area contributed by atoms with E-state index in [4.69, 9.17) is 9.47 Å². The lowest BCUT2D eigenvalue weighted by Crippen LogP contribution is -2.49. The van der Waals surface area contributed by atoms with Crippen LogP contribution >= 0.6 is 11.3 Å². The molecule has 3 heterocycles. The summed E-state index contributed by atoms with van der Waals surface area (Å²) in [6.45, 7) is 4.87. The highest BCUT2D eigenvalue weighted by atomic mass is 32.1. The van der Waals surface area contributed by atoms with Gasteiger partial charge in [-0.15, -0.1) is 11.3 Å². The summed E-state index contributed by atoms with van der Waals surface area (Å²) in [6, 6.07) is 8.21. The highest BCUT2D eigenvalue weighted by molar-refractivity contribution is 7.18. The Kier molecular flexibility index (Phi) is 4.36. The van der Waals surface area contributed by atoms with E-state index in [2.05, 4.69) is 16.0 Å². The zero-order valence-corrected chi connectivity index (χ0v) is 14.1. The number of para-hydroxylation sites is 1. The smallest absolute Gasteiger partial charge is 0.292 e. The van der Waals surface area contributed by atoms with Gasteiger partial charge in [0, 0.05) is 26.2 Å². The molecule has 4 rings (SSSR count). The molecular weight excluding hydrogens is 326 g/mol. The number of aromatic nitrogens is 1. The molecular formula is C17H19N3O3S. The van der Waals surface area contributed by atoms with Gasteiger partial charge in [0.15, 0.2) is 0 Å². The lowest BCUT2D eigenvalue weighted by atomic mass is 10.3. The van der Waals surface area contributed by atoms with Crippen LogP contribution in [-0.2, 0) is 20.8 Å². The van der Waals surface area contributed by atoms with E-state index in [1.807, 2.05) is 23.1 Å². The van der Waals surface area contributed by atoms with E-state index in [1.54, 1.807) is 11.3 Å². The SMILES string of the molecule is O=C(C1=COCCO1)N1CCN(Cc2nc3ccccc3s2)CC1. The number of carbonyl (C=O) groups excluding carboxylic acids is 1. The number of nitrogens with zero attached hydrogens (tertiary/aromatic N) is 3. The number of thiazole rings is 1. The quantitative estimate of drug-likeness (QED) is 0.849. The Morgan fingerprint density at radius 2 is 2.00 bits per heavy atom. The molecule has 0 bridgehead atoms.